The number of sulfonamides is 1. The molecule has 0 radical (unpaired) electrons. The van der Waals surface area contributed by atoms with Crippen molar-refractivity contribution in [1.82, 2.24) is 4.37 Å². The van der Waals surface area contributed by atoms with Crippen molar-refractivity contribution in [2.75, 3.05) is 4.72 Å². The first-order chi connectivity index (χ1) is 14.3. The number of aromatic nitrogens is 1. The van der Waals surface area contributed by atoms with Crippen molar-refractivity contribution in [2.45, 2.75) is 11.8 Å². The molecule has 4 rings (SSSR count). The van der Waals surface area contributed by atoms with Crippen molar-refractivity contribution in [3.05, 3.63) is 89.3 Å². The van der Waals surface area contributed by atoms with Gasteiger partial charge in [0, 0.05) is 16.6 Å². The molecule has 1 heterocycles. The Morgan fingerprint density at radius 1 is 0.900 bits per heavy atom. The van der Waals surface area contributed by atoms with Crippen LogP contribution in [0.25, 0.3) is 22.4 Å². The third-order valence-electron chi connectivity index (χ3n) is 4.60. The lowest BCUT2D eigenvalue weighted by Gasteiger charge is -2.14. The first-order valence-electron chi connectivity index (χ1n) is 8.94. The lowest BCUT2D eigenvalue weighted by atomic mass is 9.94. The Balaban J connectivity index is 1.80. The second-order valence-corrected chi connectivity index (χ2v) is 8.96. The maximum Gasteiger partial charge on any atom is 0.264 e. The van der Waals surface area contributed by atoms with E-state index >= 15 is 0 Å². The van der Waals surface area contributed by atoms with Crippen LogP contribution >= 0.6 is 11.5 Å². The molecule has 8 heteroatoms. The van der Waals surface area contributed by atoms with Crippen molar-refractivity contribution in [3.8, 4) is 22.4 Å². The van der Waals surface area contributed by atoms with Gasteiger partial charge in [0.25, 0.3) is 10.0 Å². The van der Waals surface area contributed by atoms with Crippen LogP contribution in [0.15, 0.2) is 77.0 Å². The van der Waals surface area contributed by atoms with Gasteiger partial charge in [0.2, 0.25) is 0 Å². The maximum atomic E-state index is 14.0. The summed E-state index contributed by atoms with van der Waals surface area (Å²) in [6.07, 6.45) is 0. The fourth-order valence-corrected chi connectivity index (χ4v) is 4.84. The summed E-state index contributed by atoms with van der Waals surface area (Å²) in [5.41, 5.74) is 4.58. The van der Waals surface area contributed by atoms with Crippen LogP contribution in [0.5, 0.6) is 0 Å². The van der Waals surface area contributed by atoms with Crippen LogP contribution in [0.4, 0.5) is 14.5 Å². The number of hydrogen-bond donors (Lipinski definition) is 1. The molecule has 4 nitrogen and oxygen atoms in total. The predicted octanol–water partition coefficient (Wildman–Crippen LogP) is 5.86. The molecule has 0 aliphatic heterocycles. The van der Waals surface area contributed by atoms with Gasteiger partial charge in [-0.3, -0.25) is 4.72 Å². The summed E-state index contributed by atoms with van der Waals surface area (Å²) in [5.74, 6) is -1.87. The highest BCUT2D eigenvalue weighted by Crippen LogP contribution is 2.36. The lowest BCUT2D eigenvalue weighted by molar-refractivity contribution is 0.555. The largest absolute Gasteiger partial charge is 0.280 e. The number of anilines is 1. The summed E-state index contributed by atoms with van der Waals surface area (Å²) >= 11 is 1.28. The quantitative estimate of drug-likeness (QED) is 0.421. The molecule has 0 aliphatic rings. The molecule has 1 N–H and O–H groups in total. The van der Waals surface area contributed by atoms with Gasteiger partial charge in [-0.1, -0.05) is 30.3 Å². The summed E-state index contributed by atoms with van der Waals surface area (Å²) in [6.45, 7) is 1.99. The number of nitrogens with zero attached hydrogens (tertiary/aromatic N) is 1. The van der Waals surface area contributed by atoms with Crippen molar-refractivity contribution in [3.63, 3.8) is 0 Å². The molecule has 0 saturated heterocycles. The third kappa shape index (κ3) is 3.96. The van der Waals surface area contributed by atoms with Crippen molar-refractivity contribution < 1.29 is 17.2 Å². The fraction of sp³-hybridized carbons (Fsp3) is 0.0455. The van der Waals surface area contributed by atoms with Crippen LogP contribution in [0.1, 0.15) is 5.56 Å². The standard InChI is InChI=1S/C22H16F2N2O2S2/c1-14-4-2-3-5-17(14)18-8-7-16(13-19(18)21-10-11-29-25-21)26-30(27,28)22-12-15(23)6-9-20(22)24/h2-13,26H,1H3. The molecular weight excluding hydrogens is 426 g/mol. The van der Waals surface area contributed by atoms with Gasteiger partial charge in [0.15, 0.2) is 0 Å². The van der Waals surface area contributed by atoms with Gasteiger partial charge < -0.3 is 0 Å². The Kier molecular flexibility index (Phi) is 5.36. The molecule has 0 bridgehead atoms. The minimum Gasteiger partial charge on any atom is -0.280 e. The summed E-state index contributed by atoms with van der Waals surface area (Å²) in [6, 6.07) is 17.0. The van der Waals surface area contributed by atoms with Gasteiger partial charge >= 0.3 is 0 Å². The molecular formula is C22H16F2N2O2S2. The highest BCUT2D eigenvalue weighted by molar-refractivity contribution is 7.92. The van der Waals surface area contributed by atoms with E-state index in [9.17, 15) is 17.2 Å². The summed E-state index contributed by atoms with van der Waals surface area (Å²) < 4.78 is 59.5. The van der Waals surface area contributed by atoms with E-state index in [4.69, 9.17) is 0 Å². The predicted molar refractivity (Wildman–Crippen MR) is 115 cm³/mol. The molecule has 1 aromatic heterocycles. The zero-order valence-electron chi connectivity index (χ0n) is 15.8. The van der Waals surface area contributed by atoms with E-state index < -0.39 is 26.6 Å². The van der Waals surface area contributed by atoms with Crippen LogP contribution in [0.3, 0.4) is 0 Å². The van der Waals surface area contributed by atoms with Crippen molar-refractivity contribution >= 4 is 27.2 Å². The highest BCUT2D eigenvalue weighted by Gasteiger charge is 2.21. The van der Waals surface area contributed by atoms with Gasteiger partial charge in [-0.25, -0.2) is 17.2 Å². The minimum absolute atomic E-state index is 0.221. The molecule has 0 aliphatic carbocycles. The fourth-order valence-electron chi connectivity index (χ4n) is 3.17. The number of halogens is 2. The van der Waals surface area contributed by atoms with Crippen LogP contribution in [0, 0.1) is 18.6 Å². The number of benzene rings is 3. The van der Waals surface area contributed by atoms with Gasteiger partial charge in [-0.05, 0) is 71.5 Å². The first-order valence-corrected chi connectivity index (χ1v) is 11.3. The number of rotatable bonds is 5. The lowest BCUT2D eigenvalue weighted by Crippen LogP contribution is -2.15. The molecule has 0 fully saturated rings. The Hall–Kier alpha value is -3.10. The van der Waals surface area contributed by atoms with Crippen LogP contribution in [0.2, 0.25) is 0 Å². The van der Waals surface area contributed by atoms with Gasteiger partial charge in [0.05, 0.1) is 5.69 Å². The van der Waals surface area contributed by atoms with E-state index in [0.717, 1.165) is 34.4 Å². The Bertz CT molecular complexity index is 1320. The molecule has 0 spiro atoms. The summed E-state index contributed by atoms with van der Waals surface area (Å²) in [7, 11) is -4.32. The smallest absolute Gasteiger partial charge is 0.264 e. The van der Waals surface area contributed by atoms with Crippen molar-refractivity contribution in [1.29, 1.82) is 0 Å². The van der Waals surface area contributed by atoms with Crippen LogP contribution in [-0.2, 0) is 10.0 Å². The van der Waals surface area contributed by atoms with E-state index in [1.807, 2.05) is 42.6 Å². The van der Waals surface area contributed by atoms with Crippen molar-refractivity contribution in [2.24, 2.45) is 0 Å². The third-order valence-corrected chi connectivity index (χ3v) is 6.56. The Labute approximate surface area is 177 Å². The molecule has 4 aromatic rings. The zero-order chi connectivity index (χ0) is 21.3. The maximum absolute atomic E-state index is 14.0. The van der Waals surface area contributed by atoms with E-state index in [1.54, 1.807) is 18.2 Å². The monoisotopic (exact) mass is 442 g/mol. The molecule has 0 unspecified atom stereocenters. The average molecular weight is 443 g/mol. The van der Waals surface area contributed by atoms with Crippen LogP contribution in [-0.4, -0.2) is 12.8 Å². The Morgan fingerprint density at radius 2 is 1.70 bits per heavy atom. The first kappa shape index (κ1) is 20.2. The Morgan fingerprint density at radius 3 is 2.43 bits per heavy atom. The zero-order valence-corrected chi connectivity index (χ0v) is 17.4. The number of aryl methyl sites for hydroxylation is 1. The van der Waals surface area contributed by atoms with E-state index in [-0.39, 0.29) is 5.69 Å². The van der Waals surface area contributed by atoms with E-state index in [2.05, 4.69) is 9.10 Å². The van der Waals surface area contributed by atoms with Gasteiger partial charge in [-0.2, -0.15) is 4.37 Å². The molecule has 0 amide bonds. The molecule has 0 atom stereocenters. The summed E-state index contributed by atoms with van der Waals surface area (Å²) in [5, 5.41) is 1.83. The number of hydrogen-bond acceptors (Lipinski definition) is 4. The second kappa shape index (κ2) is 7.97. The SMILES string of the molecule is Cc1ccccc1-c1ccc(NS(=O)(=O)c2cc(F)ccc2F)cc1-c1ccsn1. The molecule has 0 saturated carbocycles. The van der Waals surface area contributed by atoms with E-state index in [1.165, 1.54) is 11.5 Å². The average Bonchev–Trinajstić information content (AvgIpc) is 3.25. The second-order valence-electron chi connectivity index (χ2n) is 6.64. The molecule has 3 aromatic carbocycles. The highest BCUT2D eigenvalue weighted by atomic mass is 32.2. The topological polar surface area (TPSA) is 59.1 Å². The minimum atomic E-state index is -4.32. The van der Waals surface area contributed by atoms with Crippen LogP contribution < -0.4 is 4.72 Å². The van der Waals surface area contributed by atoms with Gasteiger partial charge in [0.1, 0.15) is 16.5 Å². The summed E-state index contributed by atoms with van der Waals surface area (Å²) in [4.78, 5) is -0.749. The number of nitrogens with one attached hydrogen (secondary N) is 1. The van der Waals surface area contributed by atoms with Gasteiger partial charge in [-0.15, -0.1) is 0 Å². The van der Waals surface area contributed by atoms with E-state index in [0.29, 0.717) is 11.8 Å². The molecule has 152 valence electrons. The molecule has 30 heavy (non-hydrogen) atoms. The normalized spacial score (nSPS) is 11.4.